The van der Waals surface area contributed by atoms with Crippen molar-refractivity contribution in [3.63, 3.8) is 0 Å². The standard InChI is InChI=1S/C12H15BrN2O/c1-3-12(2,8-16)15-11-6-4-5-10(13)9(11)7-14/h4-6,15-16H,3,8H2,1-2H3. The number of anilines is 1. The molecule has 3 nitrogen and oxygen atoms in total. The molecule has 0 amide bonds. The average Bonchev–Trinajstić information content (AvgIpc) is 2.29. The molecule has 0 saturated heterocycles. The molecular formula is C12H15BrN2O. The fourth-order valence-electron chi connectivity index (χ4n) is 1.31. The van der Waals surface area contributed by atoms with Crippen LogP contribution in [0.25, 0.3) is 0 Å². The van der Waals surface area contributed by atoms with Gasteiger partial charge in [0.25, 0.3) is 0 Å². The van der Waals surface area contributed by atoms with Crippen molar-refractivity contribution in [3.05, 3.63) is 28.2 Å². The Hall–Kier alpha value is -1.05. The third-order valence-corrected chi connectivity index (χ3v) is 3.35. The van der Waals surface area contributed by atoms with E-state index in [1.54, 1.807) is 0 Å². The highest BCUT2D eigenvalue weighted by atomic mass is 79.9. The Kier molecular flexibility index (Phi) is 4.34. The van der Waals surface area contributed by atoms with Gasteiger partial charge in [0.05, 0.1) is 23.4 Å². The number of rotatable bonds is 4. The minimum absolute atomic E-state index is 0.0287. The Labute approximate surface area is 104 Å². The zero-order valence-electron chi connectivity index (χ0n) is 9.42. The van der Waals surface area contributed by atoms with Crippen molar-refractivity contribution in [3.8, 4) is 6.07 Å². The second-order valence-corrected chi connectivity index (χ2v) is 4.83. The predicted molar refractivity (Wildman–Crippen MR) is 68.3 cm³/mol. The average molecular weight is 283 g/mol. The summed E-state index contributed by atoms with van der Waals surface area (Å²) in [5, 5.41) is 21.6. The minimum Gasteiger partial charge on any atom is -0.394 e. The van der Waals surface area contributed by atoms with Gasteiger partial charge in [-0.15, -0.1) is 0 Å². The van der Waals surface area contributed by atoms with Crippen LogP contribution >= 0.6 is 15.9 Å². The highest BCUT2D eigenvalue weighted by Gasteiger charge is 2.22. The number of halogens is 1. The molecule has 1 unspecified atom stereocenters. The van der Waals surface area contributed by atoms with Crippen molar-refractivity contribution >= 4 is 21.6 Å². The number of hydrogen-bond donors (Lipinski definition) is 2. The van der Waals surface area contributed by atoms with Crippen LogP contribution in [0.5, 0.6) is 0 Å². The van der Waals surface area contributed by atoms with Gasteiger partial charge < -0.3 is 10.4 Å². The van der Waals surface area contributed by atoms with E-state index in [9.17, 15) is 5.11 Å². The molecule has 0 spiro atoms. The molecule has 0 bridgehead atoms. The maximum atomic E-state index is 9.32. The van der Waals surface area contributed by atoms with Crippen molar-refractivity contribution in [1.82, 2.24) is 0 Å². The molecule has 1 aromatic rings. The molecule has 0 aliphatic heterocycles. The summed E-state index contributed by atoms with van der Waals surface area (Å²) in [6, 6.07) is 7.67. The first kappa shape index (κ1) is 13.0. The number of aliphatic hydroxyl groups is 1. The van der Waals surface area contributed by atoms with E-state index in [0.717, 1.165) is 16.6 Å². The molecule has 0 saturated carbocycles. The van der Waals surface area contributed by atoms with Crippen LogP contribution in [-0.2, 0) is 0 Å². The van der Waals surface area contributed by atoms with Crippen LogP contribution in [0.15, 0.2) is 22.7 Å². The molecule has 4 heteroatoms. The number of nitrogens with one attached hydrogen (secondary N) is 1. The Morgan fingerprint density at radius 2 is 2.25 bits per heavy atom. The Bertz CT molecular complexity index is 408. The molecular weight excluding hydrogens is 268 g/mol. The first-order valence-corrected chi connectivity index (χ1v) is 5.93. The van der Waals surface area contributed by atoms with E-state index >= 15 is 0 Å². The fraction of sp³-hybridized carbons (Fsp3) is 0.417. The minimum atomic E-state index is -0.396. The third-order valence-electron chi connectivity index (χ3n) is 2.69. The lowest BCUT2D eigenvalue weighted by atomic mass is 9.99. The number of benzene rings is 1. The maximum Gasteiger partial charge on any atom is 0.103 e. The fourth-order valence-corrected chi connectivity index (χ4v) is 1.76. The van der Waals surface area contributed by atoms with Crippen molar-refractivity contribution < 1.29 is 5.11 Å². The lowest BCUT2D eigenvalue weighted by molar-refractivity contribution is 0.219. The summed E-state index contributed by atoms with van der Waals surface area (Å²) in [5.41, 5.74) is 0.915. The summed E-state index contributed by atoms with van der Waals surface area (Å²) >= 11 is 3.33. The van der Waals surface area contributed by atoms with Gasteiger partial charge in [-0.3, -0.25) is 0 Å². The molecule has 2 N–H and O–H groups in total. The predicted octanol–water partition coefficient (Wildman–Crippen LogP) is 2.89. The highest BCUT2D eigenvalue weighted by molar-refractivity contribution is 9.10. The van der Waals surface area contributed by atoms with Crippen molar-refractivity contribution in [2.45, 2.75) is 25.8 Å². The largest absolute Gasteiger partial charge is 0.394 e. The molecule has 0 aliphatic carbocycles. The van der Waals surface area contributed by atoms with Crippen molar-refractivity contribution in [2.24, 2.45) is 0 Å². The van der Waals surface area contributed by atoms with Gasteiger partial charge in [0.2, 0.25) is 0 Å². The summed E-state index contributed by atoms with van der Waals surface area (Å²) in [4.78, 5) is 0. The third kappa shape index (κ3) is 2.75. The second-order valence-electron chi connectivity index (χ2n) is 3.97. The number of hydrogen-bond acceptors (Lipinski definition) is 3. The van der Waals surface area contributed by atoms with E-state index in [0.29, 0.717) is 5.56 Å². The van der Waals surface area contributed by atoms with Gasteiger partial charge in [-0.1, -0.05) is 13.0 Å². The Morgan fingerprint density at radius 3 is 2.75 bits per heavy atom. The van der Waals surface area contributed by atoms with Crippen LogP contribution in [-0.4, -0.2) is 17.3 Å². The quantitative estimate of drug-likeness (QED) is 0.893. The SMILES string of the molecule is CCC(C)(CO)Nc1cccc(Br)c1C#N. The monoisotopic (exact) mass is 282 g/mol. The topological polar surface area (TPSA) is 56.0 Å². The molecule has 0 aromatic heterocycles. The van der Waals surface area contributed by atoms with Gasteiger partial charge in [-0.25, -0.2) is 0 Å². The number of nitriles is 1. The highest BCUT2D eigenvalue weighted by Crippen LogP contribution is 2.27. The molecule has 16 heavy (non-hydrogen) atoms. The maximum absolute atomic E-state index is 9.32. The van der Waals surface area contributed by atoms with Crippen molar-refractivity contribution in [1.29, 1.82) is 5.26 Å². The zero-order valence-corrected chi connectivity index (χ0v) is 11.0. The molecule has 1 aromatic carbocycles. The van der Waals surface area contributed by atoms with Gasteiger partial charge in [-0.05, 0) is 41.4 Å². The van der Waals surface area contributed by atoms with Gasteiger partial charge >= 0.3 is 0 Å². The summed E-state index contributed by atoms with van der Waals surface area (Å²) in [5.74, 6) is 0. The first-order valence-electron chi connectivity index (χ1n) is 5.14. The second kappa shape index (κ2) is 5.33. The van der Waals surface area contributed by atoms with E-state index in [1.165, 1.54) is 0 Å². The normalized spacial score (nSPS) is 13.9. The van der Waals surface area contributed by atoms with Gasteiger partial charge in [-0.2, -0.15) is 5.26 Å². The van der Waals surface area contributed by atoms with Gasteiger partial charge in [0.1, 0.15) is 6.07 Å². The van der Waals surface area contributed by atoms with E-state index in [4.69, 9.17) is 5.26 Å². The summed E-state index contributed by atoms with van der Waals surface area (Å²) in [7, 11) is 0. The van der Waals surface area contributed by atoms with Crippen molar-refractivity contribution in [2.75, 3.05) is 11.9 Å². The number of aliphatic hydroxyl groups excluding tert-OH is 1. The molecule has 0 heterocycles. The van der Waals surface area contributed by atoms with E-state index in [1.807, 2.05) is 32.0 Å². The Balaban J connectivity index is 3.07. The van der Waals surface area contributed by atoms with Crippen LogP contribution in [0.4, 0.5) is 5.69 Å². The zero-order chi connectivity index (χ0) is 12.2. The van der Waals surface area contributed by atoms with E-state index in [-0.39, 0.29) is 6.61 Å². The van der Waals surface area contributed by atoms with Crippen LogP contribution < -0.4 is 5.32 Å². The molecule has 86 valence electrons. The summed E-state index contributed by atoms with van der Waals surface area (Å²) in [6.07, 6.45) is 0.779. The molecule has 0 aliphatic rings. The molecule has 0 fully saturated rings. The number of nitrogens with zero attached hydrogens (tertiary/aromatic N) is 1. The van der Waals surface area contributed by atoms with E-state index in [2.05, 4.69) is 27.3 Å². The van der Waals surface area contributed by atoms with E-state index < -0.39 is 5.54 Å². The smallest absolute Gasteiger partial charge is 0.103 e. The molecule has 0 radical (unpaired) electrons. The van der Waals surface area contributed by atoms with Crippen LogP contribution in [0, 0.1) is 11.3 Å². The molecule has 1 atom stereocenters. The summed E-state index contributed by atoms with van der Waals surface area (Å²) < 4.78 is 0.761. The van der Waals surface area contributed by atoms with Crippen LogP contribution in [0.3, 0.4) is 0 Å². The summed E-state index contributed by atoms with van der Waals surface area (Å²) in [6.45, 7) is 3.95. The van der Waals surface area contributed by atoms with Gasteiger partial charge in [0, 0.05) is 4.47 Å². The first-order chi connectivity index (χ1) is 7.56. The van der Waals surface area contributed by atoms with Crippen LogP contribution in [0.2, 0.25) is 0 Å². The lowest BCUT2D eigenvalue weighted by Crippen LogP contribution is -2.38. The lowest BCUT2D eigenvalue weighted by Gasteiger charge is -2.29. The Morgan fingerprint density at radius 1 is 1.56 bits per heavy atom. The van der Waals surface area contributed by atoms with Gasteiger partial charge in [0.15, 0.2) is 0 Å². The molecule has 1 rings (SSSR count). The van der Waals surface area contributed by atoms with Crippen LogP contribution in [0.1, 0.15) is 25.8 Å².